The SMILES string of the molecule is CCc1ccc(C(O)C(C)N(CC)C2CC2)cc1. The van der Waals surface area contributed by atoms with E-state index in [0.29, 0.717) is 6.04 Å². The number of aliphatic hydroxyl groups excluding tert-OH is 1. The molecule has 2 unspecified atom stereocenters. The molecule has 0 aliphatic heterocycles. The molecule has 0 bridgehead atoms. The van der Waals surface area contributed by atoms with Crippen molar-refractivity contribution in [3.05, 3.63) is 35.4 Å². The molecule has 2 nitrogen and oxygen atoms in total. The molecule has 1 fully saturated rings. The van der Waals surface area contributed by atoms with Gasteiger partial charge in [0.05, 0.1) is 6.10 Å². The molecule has 0 saturated heterocycles. The molecule has 1 aromatic rings. The van der Waals surface area contributed by atoms with Crippen molar-refractivity contribution < 1.29 is 5.11 Å². The van der Waals surface area contributed by atoms with Crippen molar-refractivity contribution in [2.75, 3.05) is 6.54 Å². The molecule has 1 saturated carbocycles. The second kappa shape index (κ2) is 5.85. The maximum atomic E-state index is 10.5. The molecule has 1 N–H and O–H groups in total. The van der Waals surface area contributed by atoms with Crippen LogP contribution in [0.3, 0.4) is 0 Å². The summed E-state index contributed by atoms with van der Waals surface area (Å²) in [5.74, 6) is 0. The van der Waals surface area contributed by atoms with E-state index >= 15 is 0 Å². The molecule has 2 heteroatoms. The molecule has 0 amide bonds. The lowest BCUT2D eigenvalue weighted by Crippen LogP contribution is -2.39. The third kappa shape index (κ3) is 2.93. The normalized spacial score (nSPS) is 18.9. The quantitative estimate of drug-likeness (QED) is 0.834. The first-order chi connectivity index (χ1) is 8.67. The second-order valence-corrected chi connectivity index (χ2v) is 5.34. The zero-order valence-electron chi connectivity index (χ0n) is 11.8. The van der Waals surface area contributed by atoms with E-state index in [0.717, 1.165) is 18.5 Å². The average molecular weight is 247 g/mol. The molecule has 1 aliphatic carbocycles. The maximum absolute atomic E-state index is 10.5. The van der Waals surface area contributed by atoms with Gasteiger partial charge >= 0.3 is 0 Å². The van der Waals surface area contributed by atoms with Crippen molar-refractivity contribution in [2.24, 2.45) is 0 Å². The molecule has 2 atom stereocenters. The van der Waals surface area contributed by atoms with Crippen LogP contribution >= 0.6 is 0 Å². The Morgan fingerprint density at radius 2 is 1.83 bits per heavy atom. The van der Waals surface area contributed by atoms with Crippen LogP contribution in [0.4, 0.5) is 0 Å². The highest BCUT2D eigenvalue weighted by Gasteiger charge is 2.34. The van der Waals surface area contributed by atoms with Crippen molar-refractivity contribution in [3.63, 3.8) is 0 Å². The summed E-state index contributed by atoms with van der Waals surface area (Å²) < 4.78 is 0. The van der Waals surface area contributed by atoms with Crippen molar-refractivity contribution >= 4 is 0 Å². The Hall–Kier alpha value is -0.860. The fourth-order valence-electron chi connectivity index (χ4n) is 2.70. The lowest BCUT2D eigenvalue weighted by atomic mass is 10.00. The summed E-state index contributed by atoms with van der Waals surface area (Å²) in [7, 11) is 0. The Morgan fingerprint density at radius 1 is 1.22 bits per heavy atom. The first kappa shape index (κ1) is 13.6. The maximum Gasteiger partial charge on any atom is 0.0942 e. The predicted molar refractivity (Wildman–Crippen MR) is 75.6 cm³/mol. The van der Waals surface area contributed by atoms with E-state index in [4.69, 9.17) is 0 Å². The first-order valence-corrected chi connectivity index (χ1v) is 7.20. The number of likely N-dealkylation sites (N-methyl/N-ethyl adjacent to an activating group) is 1. The fourth-order valence-corrected chi connectivity index (χ4v) is 2.70. The van der Waals surface area contributed by atoms with Gasteiger partial charge in [-0.05, 0) is 43.9 Å². The van der Waals surface area contributed by atoms with E-state index in [2.05, 4.69) is 49.9 Å². The van der Waals surface area contributed by atoms with Gasteiger partial charge < -0.3 is 5.11 Å². The Balaban J connectivity index is 2.06. The van der Waals surface area contributed by atoms with Crippen LogP contribution in [0.2, 0.25) is 0 Å². The smallest absolute Gasteiger partial charge is 0.0942 e. The molecule has 0 heterocycles. The minimum absolute atomic E-state index is 0.204. The van der Waals surface area contributed by atoms with Crippen LogP contribution in [-0.2, 0) is 6.42 Å². The van der Waals surface area contributed by atoms with Gasteiger partial charge in [-0.1, -0.05) is 38.1 Å². The number of hydrogen-bond acceptors (Lipinski definition) is 2. The third-order valence-electron chi connectivity index (χ3n) is 4.09. The summed E-state index contributed by atoms with van der Waals surface area (Å²) >= 11 is 0. The number of nitrogens with zero attached hydrogens (tertiary/aromatic N) is 1. The lowest BCUT2D eigenvalue weighted by molar-refractivity contribution is 0.0561. The highest BCUT2D eigenvalue weighted by Crippen LogP contribution is 2.32. The molecule has 2 rings (SSSR count). The summed E-state index contributed by atoms with van der Waals surface area (Å²) in [6.45, 7) is 7.50. The molecule has 1 aromatic carbocycles. The van der Waals surface area contributed by atoms with Crippen molar-refractivity contribution in [3.8, 4) is 0 Å². The topological polar surface area (TPSA) is 23.5 Å². The van der Waals surface area contributed by atoms with Gasteiger partial charge in [0.15, 0.2) is 0 Å². The third-order valence-corrected chi connectivity index (χ3v) is 4.09. The Morgan fingerprint density at radius 3 is 2.28 bits per heavy atom. The molecule has 0 aromatic heterocycles. The van der Waals surface area contributed by atoms with E-state index in [9.17, 15) is 5.11 Å². The van der Waals surface area contributed by atoms with Crippen molar-refractivity contribution in [1.82, 2.24) is 4.90 Å². The van der Waals surface area contributed by atoms with E-state index in [1.54, 1.807) is 0 Å². The first-order valence-electron chi connectivity index (χ1n) is 7.20. The Kier molecular flexibility index (Phi) is 4.41. The van der Waals surface area contributed by atoms with Gasteiger partial charge in [-0.2, -0.15) is 0 Å². The van der Waals surface area contributed by atoms with Crippen LogP contribution < -0.4 is 0 Å². The van der Waals surface area contributed by atoms with Gasteiger partial charge in [0.2, 0.25) is 0 Å². The fraction of sp³-hybridized carbons (Fsp3) is 0.625. The van der Waals surface area contributed by atoms with Crippen LogP contribution in [0, 0.1) is 0 Å². The van der Waals surface area contributed by atoms with E-state index < -0.39 is 0 Å². The van der Waals surface area contributed by atoms with Gasteiger partial charge in [-0.25, -0.2) is 0 Å². The van der Waals surface area contributed by atoms with Gasteiger partial charge in [0.25, 0.3) is 0 Å². The van der Waals surface area contributed by atoms with Crippen LogP contribution in [0.5, 0.6) is 0 Å². The van der Waals surface area contributed by atoms with Gasteiger partial charge in [0, 0.05) is 12.1 Å². The lowest BCUT2D eigenvalue weighted by Gasteiger charge is -2.31. The summed E-state index contributed by atoms with van der Waals surface area (Å²) in [4.78, 5) is 2.43. The highest BCUT2D eigenvalue weighted by molar-refractivity contribution is 5.25. The number of benzene rings is 1. The minimum atomic E-state index is -0.378. The standard InChI is InChI=1S/C16H25NO/c1-4-13-6-8-14(9-7-13)16(18)12(3)17(5-2)15-10-11-15/h6-9,12,15-16,18H,4-5,10-11H2,1-3H3. The predicted octanol–water partition coefficient (Wildman–Crippen LogP) is 3.16. The zero-order valence-corrected chi connectivity index (χ0v) is 11.8. The molecular weight excluding hydrogens is 222 g/mol. The van der Waals surface area contributed by atoms with Crippen LogP contribution in [0.1, 0.15) is 50.8 Å². The Labute approximate surface area is 111 Å². The number of rotatable bonds is 6. The summed E-state index contributed by atoms with van der Waals surface area (Å²) in [6.07, 6.45) is 3.26. The van der Waals surface area contributed by atoms with Gasteiger partial charge in [-0.3, -0.25) is 4.90 Å². The largest absolute Gasteiger partial charge is 0.387 e. The van der Waals surface area contributed by atoms with Gasteiger partial charge in [0.1, 0.15) is 0 Å². The monoisotopic (exact) mass is 247 g/mol. The number of aliphatic hydroxyl groups is 1. The van der Waals surface area contributed by atoms with Crippen LogP contribution in [0.15, 0.2) is 24.3 Å². The molecule has 100 valence electrons. The zero-order chi connectivity index (χ0) is 13.1. The molecule has 18 heavy (non-hydrogen) atoms. The van der Waals surface area contributed by atoms with Gasteiger partial charge in [-0.15, -0.1) is 0 Å². The van der Waals surface area contributed by atoms with E-state index in [1.807, 2.05) is 0 Å². The highest BCUT2D eigenvalue weighted by atomic mass is 16.3. The van der Waals surface area contributed by atoms with E-state index in [-0.39, 0.29) is 12.1 Å². The molecular formula is C16H25NO. The minimum Gasteiger partial charge on any atom is -0.387 e. The molecule has 0 spiro atoms. The van der Waals surface area contributed by atoms with Crippen LogP contribution in [-0.4, -0.2) is 28.6 Å². The average Bonchev–Trinajstić information content (AvgIpc) is 3.23. The second-order valence-electron chi connectivity index (χ2n) is 5.34. The molecule has 1 aliphatic rings. The molecule has 0 radical (unpaired) electrons. The summed E-state index contributed by atoms with van der Waals surface area (Å²) in [5.41, 5.74) is 2.37. The number of hydrogen-bond donors (Lipinski definition) is 1. The van der Waals surface area contributed by atoms with Crippen molar-refractivity contribution in [1.29, 1.82) is 0 Å². The number of aryl methyl sites for hydroxylation is 1. The van der Waals surface area contributed by atoms with Crippen LogP contribution in [0.25, 0.3) is 0 Å². The summed E-state index contributed by atoms with van der Waals surface area (Å²) in [6, 6.07) is 9.29. The Bertz CT molecular complexity index is 369. The summed E-state index contributed by atoms with van der Waals surface area (Å²) in [5, 5.41) is 10.5. The van der Waals surface area contributed by atoms with E-state index in [1.165, 1.54) is 18.4 Å². The van der Waals surface area contributed by atoms with Crippen molar-refractivity contribution in [2.45, 2.75) is 58.2 Å².